The number of benzene rings is 2. The molecule has 2 aromatic carbocycles. The lowest BCUT2D eigenvalue weighted by molar-refractivity contribution is -0.433. The summed E-state index contributed by atoms with van der Waals surface area (Å²) < 4.78 is 2.46. The highest BCUT2D eigenvalue weighted by atomic mass is 15.2. The maximum Gasteiger partial charge on any atom is 0.209 e. The molecule has 0 atom stereocenters. The minimum Gasteiger partial charge on any atom is -0.344 e. The van der Waals surface area contributed by atoms with Crippen molar-refractivity contribution in [2.24, 2.45) is 5.73 Å². The molecular weight excluding hydrogens is 426 g/mol. The number of hydrogen-bond acceptors (Lipinski definition) is 2. The van der Waals surface area contributed by atoms with Crippen molar-refractivity contribution < 1.29 is 4.58 Å². The van der Waals surface area contributed by atoms with Gasteiger partial charge in [-0.15, -0.1) is 0 Å². The predicted octanol–water partition coefficient (Wildman–Crippen LogP) is 7.01. The largest absolute Gasteiger partial charge is 0.344 e. The number of fused-ring (bicyclic) bond motifs is 2. The van der Waals surface area contributed by atoms with Crippen molar-refractivity contribution in [3.8, 4) is 0 Å². The molecule has 3 nitrogen and oxygen atoms in total. The Kier molecular flexibility index (Phi) is 7.19. The van der Waals surface area contributed by atoms with Crippen LogP contribution in [0.4, 0.5) is 11.4 Å². The third-order valence-corrected chi connectivity index (χ3v) is 7.81. The fraction of sp³-hybridized carbons (Fsp3) is 0.406. The molecule has 0 saturated heterocycles. The first-order valence-corrected chi connectivity index (χ1v) is 13.2. The van der Waals surface area contributed by atoms with E-state index in [1.165, 1.54) is 39.5 Å². The normalized spacial score (nSPS) is 19.7. The van der Waals surface area contributed by atoms with Crippen LogP contribution >= 0.6 is 0 Å². The van der Waals surface area contributed by atoms with E-state index in [4.69, 9.17) is 5.73 Å². The molecule has 2 aliphatic heterocycles. The van der Waals surface area contributed by atoms with E-state index >= 15 is 0 Å². The number of allylic oxidation sites excluding steroid dienone is 6. The summed E-state index contributed by atoms with van der Waals surface area (Å²) in [6.07, 6.45) is 11.3. The first-order valence-electron chi connectivity index (χ1n) is 13.2. The van der Waals surface area contributed by atoms with Crippen LogP contribution in [-0.2, 0) is 10.8 Å². The maximum atomic E-state index is 5.91. The lowest BCUT2D eigenvalue weighted by Gasteiger charge is -2.26. The second kappa shape index (κ2) is 9.99. The summed E-state index contributed by atoms with van der Waals surface area (Å²) in [5, 5.41) is 0. The first-order chi connectivity index (χ1) is 16.8. The van der Waals surface area contributed by atoms with Gasteiger partial charge in [-0.05, 0) is 70.4 Å². The van der Waals surface area contributed by atoms with E-state index in [2.05, 4.69) is 124 Å². The Morgan fingerprint density at radius 3 is 2.31 bits per heavy atom. The van der Waals surface area contributed by atoms with Crippen LogP contribution in [0.15, 0.2) is 84.1 Å². The van der Waals surface area contributed by atoms with Gasteiger partial charge in [-0.3, -0.25) is 0 Å². The fourth-order valence-electron chi connectivity index (χ4n) is 5.86. The lowest BCUT2D eigenvalue weighted by Crippen LogP contribution is -2.27. The zero-order valence-electron chi connectivity index (χ0n) is 22.4. The van der Waals surface area contributed by atoms with Gasteiger partial charge >= 0.3 is 0 Å². The van der Waals surface area contributed by atoms with Crippen molar-refractivity contribution in [3.63, 3.8) is 0 Å². The molecule has 0 aliphatic carbocycles. The van der Waals surface area contributed by atoms with Crippen LogP contribution in [0, 0.1) is 0 Å². The monoisotopic (exact) mass is 468 g/mol. The van der Waals surface area contributed by atoms with Crippen LogP contribution in [0.5, 0.6) is 0 Å². The molecule has 0 saturated carbocycles. The summed E-state index contributed by atoms with van der Waals surface area (Å²) in [7, 11) is 0. The number of nitrogens with zero attached hydrogens (tertiary/aromatic N) is 2. The highest BCUT2D eigenvalue weighted by molar-refractivity contribution is 6.03. The fourth-order valence-corrected chi connectivity index (χ4v) is 5.86. The summed E-state index contributed by atoms with van der Waals surface area (Å²) in [5.41, 5.74) is 15.4. The van der Waals surface area contributed by atoms with E-state index in [9.17, 15) is 0 Å². The molecule has 0 fully saturated rings. The number of anilines is 1. The van der Waals surface area contributed by atoms with Crippen molar-refractivity contribution in [3.05, 3.63) is 95.2 Å². The van der Waals surface area contributed by atoms with Gasteiger partial charge in [-0.2, -0.15) is 4.58 Å². The van der Waals surface area contributed by atoms with Gasteiger partial charge in [0.05, 0.1) is 5.41 Å². The van der Waals surface area contributed by atoms with Gasteiger partial charge in [0, 0.05) is 41.1 Å². The number of hydrogen-bond donors (Lipinski definition) is 1. The summed E-state index contributed by atoms with van der Waals surface area (Å²) in [6, 6.07) is 17.6. The van der Waals surface area contributed by atoms with E-state index in [1.54, 1.807) is 0 Å². The van der Waals surface area contributed by atoms with E-state index < -0.39 is 0 Å². The average Bonchev–Trinajstić information content (AvgIpc) is 3.21. The van der Waals surface area contributed by atoms with Crippen molar-refractivity contribution in [1.29, 1.82) is 0 Å². The first kappa shape index (κ1) is 25.2. The zero-order valence-corrected chi connectivity index (χ0v) is 22.4. The zero-order chi connectivity index (χ0) is 25.2. The average molecular weight is 469 g/mol. The summed E-state index contributed by atoms with van der Waals surface area (Å²) >= 11 is 0. The van der Waals surface area contributed by atoms with Crippen LogP contribution < -0.4 is 10.6 Å². The van der Waals surface area contributed by atoms with Crippen LogP contribution in [0.2, 0.25) is 0 Å². The minimum atomic E-state index is -0.0192. The summed E-state index contributed by atoms with van der Waals surface area (Å²) in [4.78, 5) is 2.46. The molecule has 2 aliphatic rings. The van der Waals surface area contributed by atoms with Crippen LogP contribution in [0.1, 0.15) is 65.5 Å². The maximum absolute atomic E-state index is 5.91. The quantitative estimate of drug-likeness (QED) is 0.334. The Morgan fingerprint density at radius 1 is 0.943 bits per heavy atom. The molecule has 0 radical (unpaired) electrons. The van der Waals surface area contributed by atoms with Crippen LogP contribution in [0.3, 0.4) is 0 Å². The van der Waals surface area contributed by atoms with E-state index in [0.29, 0.717) is 6.54 Å². The van der Waals surface area contributed by atoms with Gasteiger partial charge in [-0.25, -0.2) is 0 Å². The third-order valence-electron chi connectivity index (χ3n) is 7.81. The molecule has 4 rings (SSSR count). The van der Waals surface area contributed by atoms with E-state index in [1.807, 2.05) is 0 Å². The molecule has 0 unspecified atom stereocenters. The standard InChI is InChI=1S/C32H42N3/c1-7-34-27-17-11-9-15-25(27)31(3,4)29(34)21-19-24(14-13-23-33)20-22-30-32(5,6)26-16-10-12-18-28(26)35(30)8-2/h9-12,15-22H,7-8,13-14,23,33H2,1-6H3/q+1. The van der Waals surface area contributed by atoms with E-state index in [0.717, 1.165) is 25.9 Å². The Balaban J connectivity index is 1.72. The van der Waals surface area contributed by atoms with Crippen LogP contribution in [-0.4, -0.2) is 29.9 Å². The SMILES string of the molecule is CCN1/C(=C/C=C(/C=C/C2=[N+](CC)c3ccccc3C2(C)C)CCCN)C(C)(C)c2ccccc21. The summed E-state index contributed by atoms with van der Waals surface area (Å²) in [5.74, 6) is 0. The third kappa shape index (κ3) is 4.43. The second-order valence-electron chi connectivity index (χ2n) is 10.7. The van der Waals surface area contributed by atoms with Gasteiger partial charge in [0.2, 0.25) is 5.69 Å². The van der Waals surface area contributed by atoms with Crippen molar-refractivity contribution in [1.82, 2.24) is 0 Å². The van der Waals surface area contributed by atoms with Crippen molar-refractivity contribution >= 4 is 17.1 Å². The number of rotatable bonds is 8. The van der Waals surface area contributed by atoms with Crippen molar-refractivity contribution in [2.45, 2.75) is 65.2 Å². The Hall–Kier alpha value is -2.91. The van der Waals surface area contributed by atoms with Gasteiger partial charge < -0.3 is 10.6 Å². The van der Waals surface area contributed by atoms with E-state index in [-0.39, 0.29) is 10.8 Å². The molecule has 0 amide bonds. The lowest BCUT2D eigenvalue weighted by atomic mass is 9.81. The molecule has 3 heteroatoms. The number of nitrogens with two attached hydrogens (primary N) is 1. The molecule has 2 heterocycles. The molecule has 2 N–H and O–H groups in total. The number of para-hydroxylation sites is 2. The topological polar surface area (TPSA) is 32.3 Å². The number of likely N-dealkylation sites (N-methyl/N-ethyl adjacent to an activating group) is 1. The molecule has 0 aromatic heterocycles. The molecule has 0 spiro atoms. The smallest absolute Gasteiger partial charge is 0.209 e. The van der Waals surface area contributed by atoms with Gasteiger partial charge in [-0.1, -0.05) is 62.4 Å². The molecule has 184 valence electrons. The Bertz CT molecular complexity index is 1210. The molecule has 0 bridgehead atoms. The molecular formula is C32H42N3+. The molecule has 2 aromatic rings. The van der Waals surface area contributed by atoms with Crippen molar-refractivity contribution in [2.75, 3.05) is 24.5 Å². The Morgan fingerprint density at radius 2 is 1.63 bits per heavy atom. The Labute approximate surface area is 212 Å². The highest BCUT2D eigenvalue weighted by Crippen LogP contribution is 2.47. The second-order valence-corrected chi connectivity index (χ2v) is 10.7. The van der Waals surface area contributed by atoms with Crippen LogP contribution in [0.25, 0.3) is 0 Å². The predicted molar refractivity (Wildman–Crippen MR) is 151 cm³/mol. The highest BCUT2D eigenvalue weighted by Gasteiger charge is 2.43. The summed E-state index contributed by atoms with van der Waals surface area (Å²) in [6.45, 7) is 16.4. The van der Waals surface area contributed by atoms with Gasteiger partial charge in [0.1, 0.15) is 6.54 Å². The van der Waals surface area contributed by atoms with Gasteiger partial charge in [0.15, 0.2) is 5.71 Å². The van der Waals surface area contributed by atoms with Gasteiger partial charge in [0.25, 0.3) is 0 Å². The minimum absolute atomic E-state index is 0.0192. The molecule has 35 heavy (non-hydrogen) atoms.